The summed E-state index contributed by atoms with van der Waals surface area (Å²) in [5.74, 6) is 0. The molecule has 0 aliphatic heterocycles. The minimum atomic E-state index is -0.136. The van der Waals surface area contributed by atoms with Crippen molar-refractivity contribution in [2.24, 2.45) is 0 Å². The Morgan fingerprint density at radius 3 is 1.38 bits per heavy atom. The van der Waals surface area contributed by atoms with E-state index in [1.54, 1.807) is 14.1 Å². The summed E-state index contributed by atoms with van der Waals surface area (Å²) in [5.41, 5.74) is 0. The molecule has 0 bridgehead atoms. The Bertz CT molecular complexity index is 223. The molecule has 4 N–H and O–H groups in total. The molecule has 4 amide bonds. The van der Waals surface area contributed by atoms with E-state index in [1.165, 1.54) is 0 Å². The van der Waals surface area contributed by atoms with Gasteiger partial charge in [-0.3, -0.25) is 0 Å². The van der Waals surface area contributed by atoms with Gasteiger partial charge in [-0.15, -0.1) is 0 Å². The van der Waals surface area contributed by atoms with Gasteiger partial charge in [0.25, 0.3) is 0 Å². The Labute approximate surface area is 95.5 Å². The van der Waals surface area contributed by atoms with Gasteiger partial charge in [-0.25, -0.2) is 9.59 Å². The number of urea groups is 2. The molecular weight excluding hydrogens is 208 g/mol. The number of carbonyl (C=O) groups is 2. The quantitative estimate of drug-likeness (QED) is 0.543. The third-order valence-electron chi connectivity index (χ3n) is 2.85. The second kappa shape index (κ2) is 6.19. The van der Waals surface area contributed by atoms with Crippen LogP contribution >= 0.6 is 0 Å². The van der Waals surface area contributed by atoms with Crippen LogP contribution in [0.1, 0.15) is 25.7 Å². The number of amides is 4. The average Bonchev–Trinajstić information content (AvgIpc) is 2.31. The highest BCUT2D eigenvalue weighted by Crippen LogP contribution is 2.18. The molecule has 0 spiro atoms. The molecule has 0 aromatic heterocycles. The van der Waals surface area contributed by atoms with Crippen molar-refractivity contribution in [3.63, 3.8) is 0 Å². The Morgan fingerprint density at radius 2 is 1.12 bits per heavy atom. The number of carbonyl (C=O) groups excluding carboxylic acids is 2. The summed E-state index contributed by atoms with van der Waals surface area (Å²) in [5, 5.41) is 10.8. The maximum absolute atomic E-state index is 11.1. The number of nitrogens with one attached hydrogen (secondary N) is 4. The van der Waals surface area contributed by atoms with E-state index >= 15 is 0 Å². The molecule has 16 heavy (non-hydrogen) atoms. The first-order chi connectivity index (χ1) is 7.65. The third kappa shape index (κ3) is 3.96. The predicted molar refractivity (Wildman–Crippen MR) is 61.2 cm³/mol. The van der Waals surface area contributed by atoms with E-state index in [1.807, 2.05) is 0 Å². The van der Waals surface area contributed by atoms with Crippen molar-refractivity contribution in [1.82, 2.24) is 21.3 Å². The molecule has 1 rings (SSSR count). The van der Waals surface area contributed by atoms with E-state index in [4.69, 9.17) is 0 Å². The van der Waals surface area contributed by atoms with Crippen LogP contribution < -0.4 is 21.3 Å². The third-order valence-corrected chi connectivity index (χ3v) is 2.85. The van der Waals surface area contributed by atoms with Crippen LogP contribution in [0.25, 0.3) is 0 Å². The van der Waals surface area contributed by atoms with Crippen molar-refractivity contribution >= 4 is 12.1 Å². The molecule has 0 radical (unpaired) electrons. The molecule has 6 heteroatoms. The molecule has 1 aliphatic carbocycles. The largest absolute Gasteiger partial charge is 0.341 e. The lowest BCUT2D eigenvalue weighted by Crippen LogP contribution is -2.47. The van der Waals surface area contributed by atoms with Gasteiger partial charge in [-0.2, -0.15) is 0 Å². The van der Waals surface area contributed by atoms with Gasteiger partial charge in [0.05, 0.1) is 0 Å². The lowest BCUT2D eigenvalue weighted by atomic mass is 9.91. The number of rotatable bonds is 2. The van der Waals surface area contributed by atoms with Crippen molar-refractivity contribution in [3.05, 3.63) is 0 Å². The highest BCUT2D eigenvalue weighted by atomic mass is 16.2. The molecule has 6 nitrogen and oxygen atoms in total. The van der Waals surface area contributed by atoms with Gasteiger partial charge in [-0.1, -0.05) is 0 Å². The van der Waals surface area contributed by atoms with Crippen molar-refractivity contribution in [2.75, 3.05) is 14.1 Å². The second-order valence-corrected chi connectivity index (χ2v) is 4.00. The van der Waals surface area contributed by atoms with Crippen LogP contribution in [0, 0.1) is 0 Å². The second-order valence-electron chi connectivity index (χ2n) is 4.00. The summed E-state index contributed by atoms with van der Waals surface area (Å²) < 4.78 is 0. The van der Waals surface area contributed by atoms with Gasteiger partial charge in [0.2, 0.25) is 0 Å². The van der Waals surface area contributed by atoms with Crippen LogP contribution in [-0.2, 0) is 0 Å². The van der Waals surface area contributed by atoms with Crippen LogP contribution in [0.5, 0.6) is 0 Å². The molecule has 1 aliphatic rings. The first kappa shape index (κ1) is 12.6. The summed E-state index contributed by atoms with van der Waals surface area (Å²) in [4.78, 5) is 22.2. The van der Waals surface area contributed by atoms with Crippen LogP contribution in [0.3, 0.4) is 0 Å². The van der Waals surface area contributed by atoms with E-state index in [2.05, 4.69) is 21.3 Å². The SMILES string of the molecule is CNC(=O)NC1CCC(NC(=O)NC)CC1. The molecular formula is C10H20N4O2. The highest BCUT2D eigenvalue weighted by Gasteiger charge is 2.22. The summed E-state index contributed by atoms with van der Waals surface area (Å²) in [6, 6.07) is 0.177. The first-order valence-corrected chi connectivity index (χ1v) is 5.62. The van der Waals surface area contributed by atoms with Crippen LogP contribution in [0.2, 0.25) is 0 Å². The lowest BCUT2D eigenvalue weighted by molar-refractivity contribution is 0.223. The normalized spacial score (nSPS) is 24.4. The highest BCUT2D eigenvalue weighted by molar-refractivity contribution is 5.74. The summed E-state index contributed by atoms with van der Waals surface area (Å²) >= 11 is 0. The molecule has 1 fully saturated rings. The van der Waals surface area contributed by atoms with Crippen LogP contribution in [0.15, 0.2) is 0 Å². The average molecular weight is 228 g/mol. The Hall–Kier alpha value is -1.46. The number of hydrogen-bond donors (Lipinski definition) is 4. The van der Waals surface area contributed by atoms with Gasteiger partial charge >= 0.3 is 12.1 Å². The van der Waals surface area contributed by atoms with Crippen molar-refractivity contribution in [2.45, 2.75) is 37.8 Å². The number of hydrogen-bond acceptors (Lipinski definition) is 2. The lowest BCUT2D eigenvalue weighted by Gasteiger charge is -2.29. The fraction of sp³-hybridized carbons (Fsp3) is 0.800. The zero-order valence-corrected chi connectivity index (χ0v) is 9.80. The van der Waals surface area contributed by atoms with Crippen LogP contribution in [0.4, 0.5) is 9.59 Å². The van der Waals surface area contributed by atoms with Crippen molar-refractivity contribution in [3.8, 4) is 0 Å². The zero-order chi connectivity index (χ0) is 12.0. The van der Waals surface area contributed by atoms with E-state index in [0.29, 0.717) is 0 Å². The van der Waals surface area contributed by atoms with Crippen molar-refractivity contribution in [1.29, 1.82) is 0 Å². The molecule has 0 heterocycles. The van der Waals surface area contributed by atoms with Gasteiger partial charge in [-0.05, 0) is 25.7 Å². The maximum Gasteiger partial charge on any atom is 0.314 e. The summed E-state index contributed by atoms with van der Waals surface area (Å²) in [6.45, 7) is 0. The molecule has 0 aromatic carbocycles. The van der Waals surface area contributed by atoms with E-state index in [9.17, 15) is 9.59 Å². The van der Waals surface area contributed by atoms with E-state index < -0.39 is 0 Å². The van der Waals surface area contributed by atoms with Gasteiger partial charge < -0.3 is 21.3 Å². The standard InChI is InChI=1S/C10H20N4O2/c1-11-9(15)13-7-3-5-8(6-4-7)14-10(16)12-2/h7-8H,3-6H2,1-2H3,(H2,11,13,15)(H2,12,14,16). The van der Waals surface area contributed by atoms with Gasteiger partial charge in [0.1, 0.15) is 0 Å². The molecule has 1 saturated carbocycles. The first-order valence-electron chi connectivity index (χ1n) is 5.62. The summed E-state index contributed by atoms with van der Waals surface area (Å²) in [7, 11) is 3.21. The van der Waals surface area contributed by atoms with Crippen LogP contribution in [-0.4, -0.2) is 38.2 Å². The Balaban J connectivity index is 2.23. The van der Waals surface area contributed by atoms with E-state index in [-0.39, 0.29) is 24.1 Å². The molecule has 0 atom stereocenters. The van der Waals surface area contributed by atoms with E-state index in [0.717, 1.165) is 25.7 Å². The maximum atomic E-state index is 11.1. The molecule has 92 valence electrons. The minimum Gasteiger partial charge on any atom is -0.341 e. The predicted octanol–water partition coefficient (Wildman–Crippen LogP) is 0.156. The minimum absolute atomic E-state index is 0.136. The van der Waals surface area contributed by atoms with Gasteiger partial charge in [0.15, 0.2) is 0 Å². The molecule has 0 aromatic rings. The monoisotopic (exact) mass is 228 g/mol. The Kier molecular flexibility index (Phi) is 4.88. The van der Waals surface area contributed by atoms with Gasteiger partial charge in [0, 0.05) is 26.2 Å². The topological polar surface area (TPSA) is 82.3 Å². The fourth-order valence-electron chi connectivity index (χ4n) is 1.90. The molecule has 0 unspecified atom stereocenters. The summed E-state index contributed by atoms with van der Waals surface area (Å²) in [6.07, 6.45) is 3.62. The van der Waals surface area contributed by atoms with Crippen molar-refractivity contribution < 1.29 is 9.59 Å². The Morgan fingerprint density at radius 1 is 0.812 bits per heavy atom. The fourth-order valence-corrected chi connectivity index (χ4v) is 1.90. The smallest absolute Gasteiger partial charge is 0.314 e. The molecule has 0 saturated heterocycles. The zero-order valence-electron chi connectivity index (χ0n) is 9.80.